The van der Waals surface area contributed by atoms with Crippen molar-refractivity contribution >= 4 is 15.6 Å². The summed E-state index contributed by atoms with van der Waals surface area (Å²) in [5.41, 5.74) is 5.35. The van der Waals surface area contributed by atoms with Crippen molar-refractivity contribution in [2.75, 3.05) is 18.6 Å². The van der Waals surface area contributed by atoms with Gasteiger partial charge in [-0.15, -0.1) is 0 Å². The monoisotopic (exact) mass is 249 g/mol. The standard InChI is InChI=1S/C11H23NO3S/c1-16(14,15)10-6-8-11(13)7-4-2-3-5-9-12/h2-10,12H2,1H3. The van der Waals surface area contributed by atoms with Crippen LogP contribution in [0.15, 0.2) is 0 Å². The molecule has 0 bridgehead atoms. The highest BCUT2D eigenvalue weighted by Gasteiger charge is 2.05. The van der Waals surface area contributed by atoms with E-state index < -0.39 is 9.84 Å². The molecule has 0 saturated carbocycles. The maximum Gasteiger partial charge on any atom is 0.147 e. The van der Waals surface area contributed by atoms with Crippen molar-refractivity contribution in [2.24, 2.45) is 5.73 Å². The van der Waals surface area contributed by atoms with Crippen molar-refractivity contribution in [1.82, 2.24) is 0 Å². The molecule has 0 aromatic rings. The third-order valence-corrected chi connectivity index (χ3v) is 3.41. The van der Waals surface area contributed by atoms with Crippen LogP contribution in [0.2, 0.25) is 0 Å². The minimum atomic E-state index is -2.92. The summed E-state index contributed by atoms with van der Waals surface area (Å²) < 4.78 is 21.6. The van der Waals surface area contributed by atoms with Crippen molar-refractivity contribution < 1.29 is 13.2 Å². The fourth-order valence-corrected chi connectivity index (χ4v) is 2.15. The van der Waals surface area contributed by atoms with Gasteiger partial charge < -0.3 is 5.73 Å². The van der Waals surface area contributed by atoms with Gasteiger partial charge in [-0.05, 0) is 25.8 Å². The van der Waals surface area contributed by atoms with E-state index in [-0.39, 0.29) is 11.5 Å². The van der Waals surface area contributed by atoms with E-state index in [9.17, 15) is 13.2 Å². The zero-order valence-electron chi connectivity index (χ0n) is 10.1. The van der Waals surface area contributed by atoms with Gasteiger partial charge in [0.05, 0.1) is 5.75 Å². The Bertz CT molecular complexity index is 286. The lowest BCUT2D eigenvalue weighted by Crippen LogP contribution is -2.06. The van der Waals surface area contributed by atoms with E-state index in [0.717, 1.165) is 25.7 Å². The molecule has 96 valence electrons. The fraction of sp³-hybridized carbons (Fsp3) is 0.909. The second kappa shape index (κ2) is 8.70. The summed E-state index contributed by atoms with van der Waals surface area (Å²) in [6.07, 6.45) is 6.66. The van der Waals surface area contributed by atoms with Crippen molar-refractivity contribution in [3.05, 3.63) is 0 Å². The summed E-state index contributed by atoms with van der Waals surface area (Å²) in [7, 11) is -2.92. The first-order chi connectivity index (χ1) is 7.45. The van der Waals surface area contributed by atoms with Gasteiger partial charge in [-0.2, -0.15) is 0 Å². The molecule has 0 amide bonds. The molecule has 2 N–H and O–H groups in total. The normalized spacial score (nSPS) is 11.6. The van der Waals surface area contributed by atoms with E-state index in [1.54, 1.807) is 0 Å². The van der Waals surface area contributed by atoms with Crippen molar-refractivity contribution in [3.63, 3.8) is 0 Å². The smallest absolute Gasteiger partial charge is 0.147 e. The molecule has 5 heteroatoms. The molecular formula is C11H23NO3S. The number of sulfone groups is 1. The quantitative estimate of drug-likeness (QED) is 0.592. The summed E-state index contributed by atoms with van der Waals surface area (Å²) >= 11 is 0. The molecule has 0 rings (SSSR count). The number of hydrogen-bond acceptors (Lipinski definition) is 4. The SMILES string of the molecule is CS(=O)(=O)CCCC(=O)CCCCCCN. The number of hydrogen-bond donors (Lipinski definition) is 1. The number of carbonyl (C=O) groups excluding carboxylic acids is 1. The Balaban J connectivity index is 3.38. The molecular weight excluding hydrogens is 226 g/mol. The highest BCUT2D eigenvalue weighted by Crippen LogP contribution is 2.06. The molecule has 16 heavy (non-hydrogen) atoms. The molecule has 4 nitrogen and oxygen atoms in total. The summed E-state index contributed by atoms with van der Waals surface area (Å²) in [5, 5.41) is 0. The number of unbranched alkanes of at least 4 members (excludes halogenated alkanes) is 3. The van der Waals surface area contributed by atoms with Crippen LogP contribution in [0.1, 0.15) is 44.9 Å². The molecule has 0 aliphatic heterocycles. The van der Waals surface area contributed by atoms with Gasteiger partial charge in [0.1, 0.15) is 15.6 Å². The van der Waals surface area contributed by atoms with E-state index in [1.807, 2.05) is 0 Å². The molecule has 0 radical (unpaired) electrons. The molecule has 0 saturated heterocycles. The Hall–Kier alpha value is -0.420. The third kappa shape index (κ3) is 11.7. The topological polar surface area (TPSA) is 77.2 Å². The predicted octanol–water partition coefficient (Wildman–Crippen LogP) is 1.29. The Kier molecular flexibility index (Phi) is 8.47. The van der Waals surface area contributed by atoms with Gasteiger partial charge in [-0.25, -0.2) is 8.42 Å². The van der Waals surface area contributed by atoms with Gasteiger partial charge >= 0.3 is 0 Å². The Morgan fingerprint density at radius 1 is 1.00 bits per heavy atom. The molecule has 0 fully saturated rings. The molecule has 0 aromatic carbocycles. The number of rotatable bonds is 10. The van der Waals surface area contributed by atoms with Crippen LogP contribution in [-0.2, 0) is 14.6 Å². The van der Waals surface area contributed by atoms with E-state index in [2.05, 4.69) is 0 Å². The third-order valence-electron chi connectivity index (χ3n) is 2.38. The van der Waals surface area contributed by atoms with Crippen LogP contribution >= 0.6 is 0 Å². The minimum Gasteiger partial charge on any atom is -0.330 e. The van der Waals surface area contributed by atoms with Gasteiger partial charge in [0, 0.05) is 19.1 Å². The number of nitrogens with two attached hydrogens (primary N) is 1. The van der Waals surface area contributed by atoms with Gasteiger partial charge in [0.25, 0.3) is 0 Å². The van der Waals surface area contributed by atoms with E-state index in [0.29, 0.717) is 25.8 Å². The second-order valence-electron chi connectivity index (χ2n) is 4.22. The number of ketones is 1. The first kappa shape index (κ1) is 15.6. The van der Waals surface area contributed by atoms with Crippen molar-refractivity contribution in [2.45, 2.75) is 44.9 Å². The zero-order chi connectivity index (χ0) is 12.4. The zero-order valence-corrected chi connectivity index (χ0v) is 10.9. The summed E-state index contributed by atoms with van der Waals surface area (Å²) in [5.74, 6) is 0.294. The fourth-order valence-electron chi connectivity index (χ4n) is 1.48. The van der Waals surface area contributed by atoms with Gasteiger partial charge in [-0.3, -0.25) is 4.79 Å². The lowest BCUT2D eigenvalue weighted by molar-refractivity contribution is -0.119. The molecule has 0 aromatic heterocycles. The van der Waals surface area contributed by atoms with Crippen molar-refractivity contribution in [1.29, 1.82) is 0 Å². The van der Waals surface area contributed by atoms with Crippen LogP contribution in [0, 0.1) is 0 Å². The van der Waals surface area contributed by atoms with Gasteiger partial charge in [-0.1, -0.05) is 12.8 Å². The Labute approximate surface area is 98.5 Å². The Morgan fingerprint density at radius 2 is 1.56 bits per heavy atom. The van der Waals surface area contributed by atoms with E-state index in [4.69, 9.17) is 5.73 Å². The molecule has 0 aliphatic rings. The molecule has 0 atom stereocenters. The summed E-state index contributed by atoms with van der Waals surface area (Å²) in [4.78, 5) is 11.3. The highest BCUT2D eigenvalue weighted by atomic mass is 32.2. The Morgan fingerprint density at radius 3 is 2.12 bits per heavy atom. The maximum absolute atomic E-state index is 11.3. The number of carbonyl (C=O) groups is 1. The van der Waals surface area contributed by atoms with E-state index >= 15 is 0 Å². The van der Waals surface area contributed by atoms with Crippen molar-refractivity contribution in [3.8, 4) is 0 Å². The predicted molar refractivity (Wildman–Crippen MR) is 66.1 cm³/mol. The second-order valence-corrected chi connectivity index (χ2v) is 6.48. The minimum absolute atomic E-state index is 0.117. The first-order valence-corrected chi connectivity index (χ1v) is 7.91. The lowest BCUT2D eigenvalue weighted by Gasteiger charge is -2.01. The highest BCUT2D eigenvalue weighted by molar-refractivity contribution is 7.90. The molecule has 0 unspecified atom stereocenters. The molecule has 0 heterocycles. The van der Waals surface area contributed by atoms with Crippen LogP contribution in [0.25, 0.3) is 0 Å². The number of Topliss-reactive ketones (excluding diaryl/α,β-unsaturated/α-hetero) is 1. The van der Waals surface area contributed by atoms with E-state index in [1.165, 1.54) is 6.26 Å². The van der Waals surface area contributed by atoms with Crippen LogP contribution < -0.4 is 5.73 Å². The first-order valence-electron chi connectivity index (χ1n) is 5.85. The molecule has 0 aliphatic carbocycles. The van der Waals surface area contributed by atoms with Crippen LogP contribution in [0.3, 0.4) is 0 Å². The lowest BCUT2D eigenvalue weighted by atomic mass is 10.1. The van der Waals surface area contributed by atoms with Crippen LogP contribution in [0.4, 0.5) is 0 Å². The summed E-state index contributed by atoms with van der Waals surface area (Å²) in [6, 6.07) is 0. The average Bonchev–Trinajstić information content (AvgIpc) is 2.15. The largest absolute Gasteiger partial charge is 0.330 e. The average molecular weight is 249 g/mol. The maximum atomic E-state index is 11.3. The van der Waals surface area contributed by atoms with Crippen LogP contribution in [-0.4, -0.2) is 32.8 Å². The molecule has 0 spiro atoms. The van der Waals surface area contributed by atoms with Gasteiger partial charge in [0.15, 0.2) is 0 Å². The van der Waals surface area contributed by atoms with Gasteiger partial charge in [0.2, 0.25) is 0 Å². The van der Waals surface area contributed by atoms with Crippen LogP contribution in [0.5, 0.6) is 0 Å². The summed E-state index contributed by atoms with van der Waals surface area (Å²) in [6.45, 7) is 0.711.